The molecule has 318 valence electrons. The minimum Gasteiger partial charge on any atom is -0.481 e. The van der Waals surface area contributed by atoms with E-state index in [9.17, 15) is 29.1 Å². The lowest BCUT2D eigenvalue weighted by molar-refractivity contribution is -0.235. The fraction of sp³-hybridized carbons (Fsp3) is 0.750. The SMILES string of the molecule is Cc1cccnc1C(=O)NC(C)(C)C(=O)N[C@@]12CC[C@]3(C)[C@H](CC[C@@H]4[C@@]5(C)CC[C@H](OC(=O)[C@H]6C[C@@H](C(=O)O)C6(C)C)C(C)(C)[C@@H]5CC[C@]43C)C1=C(C(C)C)C(=O)C2. The number of carboxylic acid groups (broad SMARTS) is 1. The standard InChI is InChI=1S/C48H69N3O7/c1-26(2)35-31(52)25-48(51-41(57)44(8,9)50-38(53)37-27(3)14-13-23-49-37)22-21-46(11)28(36(35)48)15-16-33-45(10)19-18-34(43(6,7)32(45)17-20-47(33,46)12)58-40(56)30-24-29(39(54)55)42(30,4)5/h13-14,23,26,28-30,32-34H,15-22,24-25H2,1-12H3,(H,50,53)(H,51,57)(H,54,55)/t28-,29+,30-,32+,33-,34+,45+,46-,47-,48-/m1/s1. The van der Waals surface area contributed by atoms with Gasteiger partial charge in [0, 0.05) is 18.0 Å². The first-order chi connectivity index (χ1) is 26.8. The first-order valence-corrected chi connectivity index (χ1v) is 22.1. The summed E-state index contributed by atoms with van der Waals surface area (Å²) in [7, 11) is 0. The van der Waals surface area contributed by atoms with E-state index in [1.54, 1.807) is 26.1 Å². The first-order valence-electron chi connectivity index (χ1n) is 22.1. The average molecular weight is 800 g/mol. The third kappa shape index (κ3) is 6.05. The number of carboxylic acids is 1. The van der Waals surface area contributed by atoms with E-state index in [0.717, 1.165) is 61.7 Å². The molecule has 0 saturated heterocycles. The molecule has 6 aliphatic rings. The Balaban J connectivity index is 1.14. The Hall–Kier alpha value is -3.56. The van der Waals surface area contributed by atoms with Gasteiger partial charge in [0.2, 0.25) is 5.91 Å². The van der Waals surface area contributed by atoms with Crippen LogP contribution in [0.4, 0.5) is 0 Å². The Kier molecular flexibility index (Phi) is 10.1. The third-order valence-electron chi connectivity index (χ3n) is 18.0. The number of ketones is 1. The summed E-state index contributed by atoms with van der Waals surface area (Å²) in [6.45, 7) is 25.3. The molecule has 58 heavy (non-hydrogen) atoms. The second-order valence-electron chi connectivity index (χ2n) is 22.3. The molecule has 5 saturated carbocycles. The molecule has 10 nitrogen and oxygen atoms in total. The van der Waals surface area contributed by atoms with Crippen molar-refractivity contribution in [2.24, 2.45) is 62.6 Å². The normalized spacial score (nSPS) is 38.7. The van der Waals surface area contributed by atoms with E-state index in [1.807, 2.05) is 26.8 Å². The quantitative estimate of drug-likeness (QED) is 0.222. The second-order valence-corrected chi connectivity index (χ2v) is 22.3. The maximum atomic E-state index is 14.4. The van der Waals surface area contributed by atoms with Crippen LogP contribution in [0.2, 0.25) is 0 Å². The van der Waals surface area contributed by atoms with E-state index in [1.165, 1.54) is 0 Å². The zero-order valence-corrected chi connectivity index (χ0v) is 37.2. The summed E-state index contributed by atoms with van der Waals surface area (Å²) in [6.07, 6.45) is 9.24. The van der Waals surface area contributed by atoms with Gasteiger partial charge in [-0.15, -0.1) is 0 Å². The van der Waals surface area contributed by atoms with E-state index >= 15 is 0 Å². The smallest absolute Gasteiger partial charge is 0.309 e. The highest BCUT2D eigenvalue weighted by molar-refractivity contribution is 6.03. The molecule has 2 amide bonds. The van der Waals surface area contributed by atoms with Crippen LogP contribution in [-0.2, 0) is 23.9 Å². The number of carbonyl (C=O) groups excluding carboxylic acids is 4. The number of aryl methyl sites for hydroxylation is 1. The number of rotatable bonds is 8. The number of aliphatic carboxylic acids is 1. The molecular weight excluding hydrogens is 731 g/mol. The summed E-state index contributed by atoms with van der Waals surface area (Å²) in [5.74, 6) is -1.68. The fourth-order valence-corrected chi connectivity index (χ4v) is 14.4. The van der Waals surface area contributed by atoms with Crippen LogP contribution in [0.5, 0.6) is 0 Å². The summed E-state index contributed by atoms with van der Waals surface area (Å²) in [5.41, 5.74) is 0.00573. The van der Waals surface area contributed by atoms with Crippen molar-refractivity contribution in [2.45, 2.75) is 164 Å². The van der Waals surface area contributed by atoms with E-state index in [0.29, 0.717) is 24.7 Å². The molecule has 10 heteroatoms. The van der Waals surface area contributed by atoms with E-state index in [4.69, 9.17) is 4.74 Å². The zero-order chi connectivity index (χ0) is 42.8. The summed E-state index contributed by atoms with van der Waals surface area (Å²) < 4.78 is 6.41. The van der Waals surface area contributed by atoms with Crippen molar-refractivity contribution in [3.63, 3.8) is 0 Å². The number of carbonyl (C=O) groups is 5. The molecule has 0 radical (unpaired) electrons. The monoisotopic (exact) mass is 800 g/mol. The van der Waals surface area contributed by atoms with Gasteiger partial charge in [0.25, 0.3) is 5.91 Å². The van der Waals surface area contributed by atoms with Gasteiger partial charge in [0.05, 0.1) is 17.4 Å². The van der Waals surface area contributed by atoms with Crippen LogP contribution in [0.15, 0.2) is 29.5 Å². The lowest BCUT2D eigenvalue weighted by Crippen LogP contribution is -2.68. The molecule has 6 aliphatic carbocycles. The lowest BCUT2D eigenvalue weighted by Gasteiger charge is -2.72. The average Bonchev–Trinajstić information content (AvgIpc) is 3.40. The van der Waals surface area contributed by atoms with Crippen molar-refractivity contribution in [1.29, 1.82) is 0 Å². The van der Waals surface area contributed by atoms with Gasteiger partial charge >= 0.3 is 11.9 Å². The predicted molar refractivity (Wildman–Crippen MR) is 221 cm³/mol. The van der Waals surface area contributed by atoms with Crippen molar-refractivity contribution in [3.05, 3.63) is 40.7 Å². The second kappa shape index (κ2) is 13.7. The third-order valence-corrected chi connectivity index (χ3v) is 18.0. The van der Waals surface area contributed by atoms with Crippen molar-refractivity contribution < 1.29 is 33.8 Å². The molecule has 0 unspecified atom stereocenters. The highest BCUT2D eigenvalue weighted by atomic mass is 16.5. The van der Waals surface area contributed by atoms with Crippen molar-refractivity contribution in [3.8, 4) is 0 Å². The molecule has 5 fully saturated rings. The Labute approximate surface area is 345 Å². The molecule has 1 aromatic rings. The van der Waals surface area contributed by atoms with Gasteiger partial charge in [-0.1, -0.05) is 68.4 Å². The fourth-order valence-electron chi connectivity index (χ4n) is 14.4. The van der Waals surface area contributed by atoms with Crippen molar-refractivity contribution in [1.82, 2.24) is 15.6 Å². The summed E-state index contributed by atoms with van der Waals surface area (Å²) in [4.78, 5) is 71.6. The molecule has 0 bridgehead atoms. The van der Waals surface area contributed by atoms with Gasteiger partial charge in [-0.2, -0.15) is 0 Å². The highest BCUT2D eigenvalue weighted by Gasteiger charge is 2.71. The van der Waals surface area contributed by atoms with E-state index < -0.39 is 40.2 Å². The minimum atomic E-state index is -1.25. The molecule has 7 rings (SSSR count). The number of aromatic nitrogens is 1. The number of Topliss-reactive ketones (excluding diaryl/α,β-unsaturated/α-hetero) is 1. The van der Waals surface area contributed by atoms with Gasteiger partial charge < -0.3 is 20.5 Å². The van der Waals surface area contributed by atoms with Gasteiger partial charge in [-0.05, 0) is 147 Å². The Morgan fingerprint density at radius 3 is 2.19 bits per heavy atom. The van der Waals surface area contributed by atoms with Gasteiger partial charge in [-0.3, -0.25) is 29.0 Å². The molecule has 3 N–H and O–H groups in total. The summed E-state index contributed by atoms with van der Waals surface area (Å²) in [5, 5.41) is 16.1. The van der Waals surface area contributed by atoms with Crippen LogP contribution in [0, 0.1) is 69.5 Å². The number of ether oxygens (including phenoxy) is 1. The number of hydrogen-bond acceptors (Lipinski definition) is 7. The topological polar surface area (TPSA) is 152 Å². The molecule has 1 heterocycles. The Bertz CT molecular complexity index is 1960. The predicted octanol–water partition coefficient (Wildman–Crippen LogP) is 8.41. The number of nitrogens with zero attached hydrogens (tertiary/aromatic N) is 1. The van der Waals surface area contributed by atoms with Crippen molar-refractivity contribution >= 4 is 29.5 Å². The van der Waals surface area contributed by atoms with Crippen LogP contribution >= 0.6 is 0 Å². The number of nitrogens with one attached hydrogen (secondary N) is 2. The maximum Gasteiger partial charge on any atom is 0.309 e. The number of amides is 2. The summed E-state index contributed by atoms with van der Waals surface area (Å²) in [6, 6.07) is 3.60. The van der Waals surface area contributed by atoms with E-state index in [2.05, 4.69) is 64.1 Å². The zero-order valence-electron chi connectivity index (χ0n) is 37.2. The summed E-state index contributed by atoms with van der Waals surface area (Å²) >= 11 is 0. The van der Waals surface area contributed by atoms with Gasteiger partial charge in [0.1, 0.15) is 17.3 Å². The molecule has 0 aromatic carbocycles. The van der Waals surface area contributed by atoms with Gasteiger partial charge in [0.15, 0.2) is 5.78 Å². The molecule has 0 aliphatic heterocycles. The molecular formula is C48H69N3O7. The highest BCUT2D eigenvalue weighted by Crippen LogP contribution is 2.76. The van der Waals surface area contributed by atoms with Crippen molar-refractivity contribution in [2.75, 3.05) is 0 Å². The molecule has 0 spiro atoms. The molecule has 1 aromatic heterocycles. The Morgan fingerprint density at radius 2 is 1.57 bits per heavy atom. The molecule has 10 atom stereocenters. The van der Waals surface area contributed by atoms with E-state index in [-0.39, 0.29) is 69.4 Å². The minimum absolute atomic E-state index is 0.0153. The van der Waals surface area contributed by atoms with Crippen LogP contribution in [0.25, 0.3) is 0 Å². The number of hydrogen-bond donors (Lipinski definition) is 3. The largest absolute Gasteiger partial charge is 0.481 e. The lowest BCUT2D eigenvalue weighted by atomic mass is 9.33. The Morgan fingerprint density at radius 1 is 0.879 bits per heavy atom. The maximum absolute atomic E-state index is 14.4. The van der Waals surface area contributed by atoms with Crippen LogP contribution in [0.3, 0.4) is 0 Å². The van der Waals surface area contributed by atoms with Gasteiger partial charge in [-0.25, -0.2) is 0 Å². The van der Waals surface area contributed by atoms with Crippen LogP contribution < -0.4 is 10.6 Å². The first kappa shape index (κ1) is 42.6. The van der Waals surface area contributed by atoms with Crippen LogP contribution in [0.1, 0.15) is 156 Å². The number of allylic oxidation sites excluding steroid dienone is 1. The number of pyridine rings is 1. The number of esters is 1. The van der Waals surface area contributed by atoms with Crippen LogP contribution in [-0.4, -0.2) is 56.8 Å². The number of fused-ring (bicyclic) bond motifs is 7.